The zero-order valence-corrected chi connectivity index (χ0v) is 9.34. The lowest BCUT2D eigenvalue weighted by atomic mass is 10.3. The topological polar surface area (TPSA) is 52.3 Å². The van der Waals surface area contributed by atoms with E-state index in [-0.39, 0.29) is 12.4 Å². The molecule has 0 heterocycles. The van der Waals surface area contributed by atoms with Crippen LogP contribution in [0, 0.1) is 12.3 Å². The van der Waals surface area contributed by atoms with Crippen LogP contribution in [0.25, 0.3) is 0 Å². The maximum Gasteiger partial charge on any atom is 0.327 e. The third-order valence-corrected chi connectivity index (χ3v) is 1.38. The van der Waals surface area contributed by atoms with Gasteiger partial charge in [0, 0.05) is 0 Å². The van der Waals surface area contributed by atoms with Crippen LogP contribution in [0.5, 0.6) is 0 Å². The van der Waals surface area contributed by atoms with Crippen molar-refractivity contribution in [1.29, 1.82) is 0 Å². The summed E-state index contributed by atoms with van der Waals surface area (Å²) in [4.78, 5) is 10.0. The van der Waals surface area contributed by atoms with Crippen LogP contribution in [0.3, 0.4) is 0 Å². The first kappa shape index (κ1) is 14.3. The second kappa shape index (κ2) is 13.3. The van der Waals surface area contributed by atoms with Gasteiger partial charge in [-0.2, -0.15) is 0 Å². The summed E-state index contributed by atoms with van der Waals surface area (Å²) in [5.41, 5.74) is 5.14. The Balaban J connectivity index is 0. The van der Waals surface area contributed by atoms with Crippen LogP contribution in [0.15, 0.2) is 0 Å². The SMILES string of the molecule is C#CCC(=O)OI.CCCCN. The largest absolute Gasteiger partial charge is 0.394 e. The minimum atomic E-state index is -0.372. The number of rotatable bonds is 3. The van der Waals surface area contributed by atoms with Gasteiger partial charge in [-0.15, -0.1) is 6.42 Å². The molecule has 2 N–H and O–H groups in total. The Hall–Kier alpha value is -0.280. The Labute approximate surface area is 87.7 Å². The van der Waals surface area contributed by atoms with Gasteiger partial charge in [0.15, 0.2) is 23.0 Å². The van der Waals surface area contributed by atoms with E-state index in [9.17, 15) is 4.79 Å². The van der Waals surface area contributed by atoms with Crippen LogP contribution in [0.1, 0.15) is 26.2 Å². The van der Waals surface area contributed by atoms with E-state index in [1.165, 1.54) is 35.8 Å². The number of unbranched alkanes of at least 4 members (excludes halogenated alkanes) is 1. The quantitative estimate of drug-likeness (QED) is 0.633. The third-order valence-electron chi connectivity index (χ3n) is 0.890. The predicted octanol–water partition coefficient (Wildman–Crippen LogP) is 1.65. The molecule has 0 aromatic heterocycles. The maximum atomic E-state index is 10.0. The molecule has 0 aliphatic heterocycles. The normalized spacial score (nSPS) is 7.50. The van der Waals surface area contributed by atoms with Crippen LogP contribution >= 0.6 is 23.0 Å². The van der Waals surface area contributed by atoms with Crippen LogP contribution in [-0.4, -0.2) is 12.5 Å². The van der Waals surface area contributed by atoms with Crippen LogP contribution in [-0.2, 0) is 7.86 Å². The molecular formula is C8H14INO2. The van der Waals surface area contributed by atoms with Gasteiger partial charge in [0.25, 0.3) is 0 Å². The molecule has 0 radical (unpaired) electrons. The smallest absolute Gasteiger partial charge is 0.327 e. The van der Waals surface area contributed by atoms with E-state index >= 15 is 0 Å². The van der Waals surface area contributed by atoms with E-state index in [1.54, 1.807) is 0 Å². The lowest BCUT2D eigenvalue weighted by Crippen LogP contribution is -1.95. The van der Waals surface area contributed by atoms with Crippen LogP contribution in [0.4, 0.5) is 0 Å². The minimum absolute atomic E-state index is 0.0585. The Morgan fingerprint density at radius 1 is 1.75 bits per heavy atom. The van der Waals surface area contributed by atoms with E-state index in [2.05, 4.69) is 15.9 Å². The van der Waals surface area contributed by atoms with Gasteiger partial charge in [0.2, 0.25) is 0 Å². The Morgan fingerprint density at radius 3 is 2.42 bits per heavy atom. The number of carbonyl (C=O) groups is 1. The highest BCUT2D eigenvalue weighted by molar-refractivity contribution is 14.1. The van der Waals surface area contributed by atoms with Crippen molar-refractivity contribution in [2.45, 2.75) is 26.2 Å². The summed E-state index contributed by atoms with van der Waals surface area (Å²) in [6.45, 7) is 2.98. The van der Waals surface area contributed by atoms with Gasteiger partial charge >= 0.3 is 5.97 Å². The average Bonchev–Trinajstić information content (AvgIpc) is 2.07. The lowest BCUT2D eigenvalue weighted by Gasteiger charge is -1.83. The zero-order valence-electron chi connectivity index (χ0n) is 7.18. The number of terminal acetylenes is 1. The van der Waals surface area contributed by atoms with Crippen molar-refractivity contribution in [2.75, 3.05) is 6.54 Å². The van der Waals surface area contributed by atoms with Crippen LogP contribution < -0.4 is 5.73 Å². The molecule has 0 aliphatic carbocycles. The highest BCUT2D eigenvalue weighted by Crippen LogP contribution is 1.89. The van der Waals surface area contributed by atoms with Crippen molar-refractivity contribution < 1.29 is 7.86 Å². The van der Waals surface area contributed by atoms with E-state index in [0.29, 0.717) is 0 Å². The Kier molecular flexibility index (Phi) is 15.8. The van der Waals surface area contributed by atoms with Gasteiger partial charge in [-0.25, -0.2) is 0 Å². The van der Waals surface area contributed by atoms with Crippen LogP contribution in [0.2, 0.25) is 0 Å². The molecule has 0 saturated heterocycles. The van der Waals surface area contributed by atoms with Crippen molar-refractivity contribution in [2.24, 2.45) is 5.73 Å². The van der Waals surface area contributed by atoms with Gasteiger partial charge in [0.1, 0.15) is 6.42 Å². The van der Waals surface area contributed by atoms with Gasteiger partial charge in [-0.3, -0.25) is 4.79 Å². The number of carbonyl (C=O) groups excluding carboxylic acids is 1. The highest BCUT2D eigenvalue weighted by Gasteiger charge is 1.92. The fraction of sp³-hybridized carbons (Fsp3) is 0.625. The molecule has 0 aromatic carbocycles. The molecule has 0 fully saturated rings. The van der Waals surface area contributed by atoms with E-state index < -0.39 is 0 Å². The highest BCUT2D eigenvalue weighted by atomic mass is 127. The molecule has 12 heavy (non-hydrogen) atoms. The van der Waals surface area contributed by atoms with Crippen molar-refractivity contribution in [3.8, 4) is 12.3 Å². The van der Waals surface area contributed by atoms with Crippen molar-refractivity contribution >= 4 is 29.0 Å². The minimum Gasteiger partial charge on any atom is -0.394 e. The summed E-state index contributed by atoms with van der Waals surface area (Å²) < 4.78 is 4.18. The monoisotopic (exact) mass is 283 g/mol. The Bertz CT molecular complexity index is 140. The average molecular weight is 283 g/mol. The first-order chi connectivity index (χ1) is 5.72. The molecule has 0 unspecified atom stereocenters. The van der Waals surface area contributed by atoms with Gasteiger partial charge in [-0.1, -0.05) is 19.3 Å². The predicted molar refractivity (Wildman–Crippen MR) is 57.5 cm³/mol. The summed E-state index contributed by atoms with van der Waals surface area (Å²) in [6, 6.07) is 0. The van der Waals surface area contributed by atoms with Crippen molar-refractivity contribution in [3.63, 3.8) is 0 Å². The molecule has 0 aromatic rings. The standard InChI is InChI=1S/C4H3IO2.C4H11N/c1-2-3-4(6)7-5;1-2-3-4-5/h1H,3H2;2-5H2,1H3. The fourth-order valence-electron chi connectivity index (χ4n) is 0.315. The third kappa shape index (κ3) is 16.4. The number of hydrogen-bond donors (Lipinski definition) is 1. The zero-order chi connectivity index (χ0) is 9.82. The summed E-state index contributed by atoms with van der Waals surface area (Å²) in [6.07, 6.45) is 7.19. The molecular weight excluding hydrogens is 269 g/mol. The molecule has 0 rings (SSSR count). The molecule has 0 amide bonds. The van der Waals surface area contributed by atoms with Gasteiger partial charge in [-0.05, 0) is 13.0 Å². The molecule has 70 valence electrons. The van der Waals surface area contributed by atoms with E-state index in [4.69, 9.17) is 12.2 Å². The lowest BCUT2D eigenvalue weighted by molar-refractivity contribution is -0.130. The summed E-state index contributed by atoms with van der Waals surface area (Å²) in [7, 11) is 0. The molecule has 4 heteroatoms. The first-order valence-electron chi connectivity index (χ1n) is 3.67. The Morgan fingerprint density at radius 2 is 2.33 bits per heavy atom. The fourth-order valence-corrected chi connectivity index (χ4v) is 0.470. The van der Waals surface area contributed by atoms with Gasteiger partial charge < -0.3 is 8.80 Å². The molecule has 0 atom stereocenters. The molecule has 3 nitrogen and oxygen atoms in total. The summed E-state index contributed by atoms with van der Waals surface area (Å²) in [5.74, 6) is 1.77. The van der Waals surface area contributed by atoms with E-state index in [0.717, 1.165) is 6.54 Å². The number of halogens is 1. The second-order valence-corrected chi connectivity index (χ2v) is 2.41. The van der Waals surface area contributed by atoms with E-state index in [1.807, 2.05) is 0 Å². The maximum absolute atomic E-state index is 10.0. The first-order valence-corrected chi connectivity index (χ1v) is 4.55. The van der Waals surface area contributed by atoms with Crippen molar-refractivity contribution in [3.05, 3.63) is 0 Å². The number of hydrogen-bond acceptors (Lipinski definition) is 3. The summed E-state index contributed by atoms with van der Waals surface area (Å²) in [5, 5.41) is 0. The van der Waals surface area contributed by atoms with Crippen molar-refractivity contribution in [1.82, 2.24) is 0 Å². The molecule has 0 bridgehead atoms. The second-order valence-electron chi connectivity index (χ2n) is 1.97. The molecule has 0 aliphatic rings. The number of nitrogens with two attached hydrogens (primary N) is 1. The molecule has 0 saturated carbocycles. The molecule has 0 spiro atoms. The van der Waals surface area contributed by atoms with Gasteiger partial charge in [0.05, 0.1) is 0 Å². The summed E-state index contributed by atoms with van der Waals surface area (Å²) >= 11 is 1.49.